The molecule has 0 atom stereocenters. The Balaban J connectivity index is 0.00000288. The lowest BCUT2D eigenvalue weighted by Crippen LogP contribution is -2.37. The molecule has 0 spiro atoms. The zero-order chi connectivity index (χ0) is 16.7. The second kappa shape index (κ2) is 10.9. The highest BCUT2D eigenvalue weighted by atomic mass is 127. The number of nitrogens with one attached hydrogen (secondary N) is 2. The van der Waals surface area contributed by atoms with E-state index in [4.69, 9.17) is 11.6 Å². The van der Waals surface area contributed by atoms with E-state index in [1.807, 2.05) is 24.3 Å². The Bertz CT molecular complexity index is 640. The molecule has 1 heterocycles. The van der Waals surface area contributed by atoms with Crippen molar-refractivity contribution in [2.75, 3.05) is 13.6 Å². The summed E-state index contributed by atoms with van der Waals surface area (Å²) in [6, 6.07) is 7.79. The third kappa shape index (κ3) is 6.94. The molecule has 0 aliphatic carbocycles. The molecular weight excluding hydrogens is 455 g/mol. The van der Waals surface area contributed by atoms with Gasteiger partial charge >= 0.3 is 0 Å². The minimum absolute atomic E-state index is 0. The van der Waals surface area contributed by atoms with Crippen LogP contribution in [0.1, 0.15) is 36.0 Å². The number of rotatable bonds is 6. The van der Waals surface area contributed by atoms with E-state index in [0.717, 1.165) is 29.6 Å². The zero-order valence-electron chi connectivity index (χ0n) is 14.2. The van der Waals surface area contributed by atoms with Crippen LogP contribution >= 0.6 is 46.9 Å². The van der Waals surface area contributed by atoms with Gasteiger partial charge in [-0.15, -0.1) is 35.3 Å². The Morgan fingerprint density at radius 1 is 1.25 bits per heavy atom. The van der Waals surface area contributed by atoms with Gasteiger partial charge in [0.15, 0.2) is 5.96 Å². The Morgan fingerprint density at radius 2 is 1.96 bits per heavy atom. The number of guanidine groups is 1. The van der Waals surface area contributed by atoms with Gasteiger partial charge in [0.2, 0.25) is 0 Å². The molecule has 0 aliphatic rings. The fourth-order valence-electron chi connectivity index (χ4n) is 2.02. The summed E-state index contributed by atoms with van der Waals surface area (Å²) in [5.41, 5.74) is 2.30. The molecule has 1 aromatic heterocycles. The van der Waals surface area contributed by atoms with Crippen LogP contribution in [0, 0.1) is 0 Å². The van der Waals surface area contributed by atoms with Gasteiger partial charge in [0.05, 0.1) is 10.7 Å². The summed E-state index contributed by atoms with van der Waals surface area (Å²) in [4.78, 5) is 8.88. The summed E-state index contributed by atoms with van der Waals surface area (Å²) in [6.07, 6.45) is 0.894. The number of nitrogens with zero attached hydrogens (tertiary/aromatic N) is 2. The Labute approximate surface area is 170 Å². The van der Waals surface area contributed by atoms with Gasteiger partial charge in [-0.05, 0) is 17.7 Å². The fourth-order valence-corrected chi connectivity index (χ4v) is 3.02. The summed E-state index contributed by atoms with van der Waals surface area (Å²) in [6.45, 7) is 5.86. The van der Waals surface area contributed by atoms with Crippen LogP contribution < -0.4 is 10.6 Å². The van der Waals surface area contributed by atoms with Crippen LogP contribution in [-0.4, -0.2) is 24.5 Å². The quantitative estimate of drug-likeness (QED) is 0.366. The lowest BCUT2D eigenvalue weighted by Gasteiger charge is -2.11. The van der Waals surface area contributed by atoms with Gasteiger partial charge in [-0.1, -0.05) is 37.6 Å². The monoisotopic (exact) mass is 478 g/mol. The zero-order valence-corrected chi connectivity index (χ0v) is 18.1. The summed E-state index contributed by atoms with van der Waals surface area (Å²) in [7, 11) is 1.77. The summed E-state index contributed by atoms with van der Waals surface area (Å²) >= 11 is 7.62. The fraction of sp³-hybridized carbons (Fsp3) is 0.412. The van der Waals surface area contributed by atoms with E-state index >= 15 is 0 Å². The highest BCUT2D eigenvalue weighted by Gasteiger charge is 2.06. The van der Waals surface area contributed by atoms with E-state index in [1.165, 1.54) is 10.6 Å². The Hall–Kier alpha value is -0.860. The molecule has 1 aromatic carbocycles. The maximum Gasteiger partial charge on any atom is 0.191 e. The number of halogens is 2. The second-order valence-electron chi connectivity index (χ2n) is 5.56. The highest BCUT2D eigenvalue weighted by Crippen LogP contribution is 2.19. The Kier molecular flexibility index (Phi) is 9.61. The first kappa shape index (κ1) is 21.2. The smallest absolute Gasteiger partial charge is 0.191 e. The van der Waals surface area contributed by atoms with Gasteiger partial charge in [0.1, 0.15) is 0 Å². The van der Waals surface area contributed by atoms with Crippen molar-refractivity contribution in [3.05, 3.63) is 50.9 Å². The van der Waals surface area contributed by atoms with Crippen molar-refractivity contribution < 1.29 is 0 Å². The van der Waals surface area contributed by atoms with Gasteiger partial charge in [-0.3, -0.25) is 4.99 Å². The number of aliphatic imine (C=N–C) groups is 1. The summed E-state index contributed by atoms with van der Waals surface area (Å²) in [5, 5.41) is 10.7. The molecule has 4 nitrogen and oxygen atoms in total. The molecule has 0 bridgehead atoms. The highest BCUT2D eigenvalue weighted by molar-refractivity contribution is 14.0. The standard InChI is InChI=1S/C17H23ClN4S.HI/c1-12(2)16-22-15(11-23-16)8-9-20-17(19-3)21-10-13-4-6-14(18)7-5-13;/h4-7,11-12H,8-10H2,1-3H3,(H2,19,20,21);1H. The molecule has 2 rings (SSSR count). The lowest BCUT2D eigenvalue weighted by atomic mass is 10.2. The van der Waals surface area contributed by atoms with Crippen molar-refractivity contribution in [1.29, 1.82) is 0 Å². The van der Waals surface area contributed by atoms with Crippen LogP contribution in [0.5, 0.6) is 0 Å². The van der Waals surface area contributed by atoms with E-state index in [-0.39, 0.29) is 24.0 Å². The van der Waals surface area contributed by atoms with Crippen molar-refractivity contribution >= 4 is 52.9 Å². The van der Waals surface area contributed by atoms with Crippen molar-refractivity contribution in [2.24, 2.45) is 4.99 Å². The van der Waals surface area contributed by atoms with Crippen LogP contribution in [0.15, 0.2) is 34.6 Å². The maximum atomic E-state index is 5.89. The van der Waals surface area contributed by atoms with Crippen molar-refractivity contribution in [2.45, 2.75) is 32.7 Å². The normalized spacial score (nSPS) is 11.3. The molecule has 0 saturated heterocycles. The number of aromatic nitrogens is 1. The van der Waals surface area contributed by atoms with Crippen LogP contribution in [0.3, 0.4) is 0 Å². The lowest BCUT2D eigenvalue weighted by molar-refractivity contribution is 0.777. The third-order valence-electron chi connectivity index (χ3n) is 3.33. The van der Waals surface area contributed by atoms with Crippen molar-refractivity contribution in [3.8, 4) is 0 Å². The van der Waals surface area contributed by atoms with E-state index < -0.39 is 0 Å². The first-order chi connectivity index (χ1) is 11.1. The van der Waals surface area contributed by atoms with Gasteiger partial charge in [-0.2, -0.15) is 0 Å². The van der Waals surface area contributed by atoms with E-state index in [1.54, 1.807) is 18.4 Å². The topological polar surface area (TPSA) is 49.3 Å². The minimum atomic E-state index is 0. The van der Waals surface area contributed by atoms with Crippen molar-refractivity contribution in [3.63, 3.8) is 0 Å². The first-order valence-electron chi connectivity index (χ1n) is 7.71. The second-order valence-corrected chi connectivity index (χ2v) is 6.89. The molecular formula is C17H24ClIN4S. The van der Waals surface area contributed by atoms with Gasteiger partial charge in [0.25, 0.3) is 0 Å². The minimum Gasteiger partial charge on any atom is -0.356 e. The SMILES string of the molecule is CN=C(NCCc1csc(C(C)C)n1)NCc1ccc(Cl)cc1.I. The first-order valence-corrected chi connectivity index (χ1v) is 8.97. The Morgan fingerprint density at radius 3 is 2.54 bits per heavy atom. The molecule has 0 aliphatic heterocycles. The molecule has 2 aromatic rings. The van der Waals surface area contributed by atoms with Gasteiger partial charge in [0, 0.05) is 42.9 Å². The van der Waals surface area contributed by atoms with Crippen LogP contribution in [0.2, 0.25) is 5.02 Å². The van der Waals surface area contributed by atoms with E-state index in [0.29, 0.717) is 12.5 Å². The molecule has 0 radical (unpaired) electrons. The summed E-state index contributed by atoms with van der Waals surface area (Å²) < 4.78 is 0. The molecule has 0 saturated carbocycles. The molecule has 0 unspecified atom stereocenters. The summed E-state index contributed by atoms with van der Waals surface area (Å²) in [5.74, 6) is 1.29. The number of hydrogen-bond acceptors (Lipinski definition) is 3. The molecule has 7 heteroatoms. The van der Waals surface area contributed by atoms with Crippen LogP contribution in [0.25, 0.3) is 0 Å². The van der Waals surface area contributed by atoms with E-state index in [2.05, 4.69) is 39.8 Å². The molecule has 0 amide bonds. The molecule has 24 heavy (non-hydrogen) atoms. The van der Waals surface area contributed by atoms with Gasteiger partial charge < -0.3 is 10.6 Å². The maximum absolute atomic E-state index is 5.89. The average Bonchev–Trinajstić information content (AvgIpc) is 3.01. The third-order valence-corrected chi connectivity index (χ3v) is 4.78. The average molecular weight is 479 g/mol. The largest absolute Gasteiger partial charge is 0.356 e. The molecule has 132 valence electrons. The van der Waals surface area contributed by atoms with Crippen molar-refractivity contribution in [1.82, 2.24) is 15.6 Å². The van der Waals surface area contributed by atoms with E-state index in [9.17, 15) is 0 Å². The predicted molar refractivity (Wildman–Crippen MR) is 115 cm³/mol. The number of benzene rings is 1. The number of thiazole rings is 1. The van der Waals surface area contributed by atoms with Gasteiger partial charge in [-0.25, -0.2) is 4.98 Å². The molecule has 2 N–H and O–H groups in total. The predicted octanol–water partition coefficient (Wildman–Crippen LogP) is 4.45. The molecule has 0 fully saturated rings. The number of hydrogen-bond donors (Lipinski definition) is 2. The van der Waals surface area contributed by atoms with Crippen LogP contribution in [0.4, 0.5) is 0 Å². The van der Waals surface area contributed by atoms with Crippen LogP contribution in [-0.2, 0) is 13.0 Å².